The van der Waals surface area contributed by atoms with Crippen LogP contribution in [-0.2, 0) is 0 Å². The van der Waals surface area contributed by atoms with E-state index in [-0.39, 0.29) is 0 Å². The fourth-order valence-corrected chi connectivity index (χ4v) is 3.40. The number of nitrogens with one attached hydrogen (secondary N) is 1. The van der Waals surface area contributed by atoms with Crippen molar-refractivity contribution in [1.82, 2.24) is 9.97 Å². The third kappa shape index (κ3) is 2.16. The van der Waals surface area contributed by atoms with Crippen LogP contribution < -0.4 is 5.32 Å². The number of thiophene rings is 1. The summed E-state index contributed by atoms with van der Waals surface area (Å²) in [6.45, 7) is 0. The lowest BCUT2D eigenvalue weighted by molar-refractivity contribution is 0.676. The predicted molar refractivity (Wildman–Crippen MR) is 82.9 cm³/mol. The van der Waals surface area contributed by atoms with Crippen molar-refractivity contribution in [2.24, 2.45) is 5.92 Å². The SMILES string of the molecule is c1ccc([C@H](Nc2ncnc3ccsc23)C2CC2)cc1. The van der Waals surface area contributed by atoms with Crippen LogP contribution in [0.25, 0.3) is 10.2 Å². The van der Waals surface area contributed by atoms with Crippen molar-refractivity contribution in [1.29, 1.82) is 0 Å². The minimum absolute atomic E-state index is 0.358. The molecule has 3 nitrogen and oxygen atoms in total. The second-order valence-corrected chi connectivity index (χ2v) is 6.14. The fourth-order valence-electron chi connectivity index (χ4n) is 2.60. The molecule has 1 atom stereocenters. The largest absolute Gasteiger partial charge is 0.362 e. The van der Waals surface area contributed by atoms with Gasteiger partial charge in [0.25, 0.3) is 0 Å². The number of anilines is 1. The maximum Gasteiger partial charge on any atom is 0.147 e. The van der Waals surface area contributed by atoms with Gasteiger partial charge in [-0.2, -0.15) is 0 Å². The number of rotatable bonds is 4. The Morgan fingerprint density at radius 3 is 2.75 bits per heavy atom. The maximum atomic E-state index is 4.44. The van der Waals surface area contributed by atoms with Crippen LogP contribution in [0.1, 0.15) is 24.4 Å². The van der Waals surface area contributed by atoms with E-state index in [1.165, 1.54) is 18.4 Å². The van der Waals surface area contributed by atoms with Gasteiger partial charge in [0, 0.05) is 0 Å². The monoisotopic (exact) mass is 281 g/mol. The van der Waals surface area contributed by atoms with Crippen LogP contribution in [0.5, 0.6) is 0 Å². The summed E-state index contributed by atoms with van der Waals surface area (Å²) in [4.78, 5) is 8.74. The van der Waals surface area contributed by atoms with Crippen molar-refractivity contribution in [3.63, 3.8) is 0 Å². The Hall–Kier alpha value is -1.94. The van der Waals surface area contributed by atoms with Crippen LogP contribution in [0.3, 0.4) is 0 Å². The Morgan fingerprint density at radius 2 is 1.95 bits per heavy atom. The number of aromatic nitrogens is 2. The minimum Gasteiger partial charge on any atom is -0.362 e. The number of benzene rings is 1. The Balaban J connectivity index is 1.70. The van der Waals surface area contributed by atoms with Crippen molar-refractivity contribution < 1.29 is 0 Å². The molecule has 0 unspecified atom stereocenters. The van der Waals surface area contributed by atoms with Gasteiger partial charge in [-0.05, 0) is 35.8 Å². The molecule has 20 heavy (non-hydrogen) atoms. The zero-order chi connectivity index (χ0) is 13.4. The maximum absolute atomic E-state index is 4.44. The Bertz CT molecular complexity index is 719. The van der Waals surface area contributed by atoms with Gasteiger partial charge in [0.2, 0.25) is 0 Å². The molecule has 1 fully saturated rings. The van der Waals surface area contributed by atoms with E-state index in [0.717, 1.165) is 22.0 Å². The van der Waals surface area contributed by atoms with Crippen molar-refractivity contribution in [2.45, 2.75) is 18.9 Å². The van der Waals surface area contributed by atoms with Crippen LogP contribution in [0.15, 0.2) is 48.1 Å². The molecular weight excluding hydrogens is 266 g/mol. The van der Waals surface area contributed by atoms with E-state index in [1.54, 1.807) is 17.7 Å². The van der Waals surface area contributed by atoms with E-state index in [4.69, 9.17) is 0 Å². The Labute approximate surface area is 121 Å². The first kappa shape index (κ1) is 11.9. The van der Waals surface area contributed by atoms with Gasteiger partial charge in [0.05, 0.1) is 16.3 Å². The predicted octanol–water partition coefficient (Wildman–Crippen LogP) is 4.25. The Kier molecular flexibility index (Phi) is 2.89. The molecule has 0 radical (unpaired) electrons. The van der Waals surface area contributed by atoms with Crippen LogP contribution in [0.2, 0.25) is 0 Å². The molecule has 3 aromatic rings. The molecule has 4 heteroatoms. The van der Waals surface area contributed by atoms with Crippen molar-refractivity contribution >= 4 is 27.4 Å². The van der Waals surface area contributed by atoms with E-state index < -0.39 is 0 Å². The summed E-state index contributed by atoms with van der Waals surface area (Å²) in [5.41, 5.74) is 2.37. The zero-order valence-electron chi connectivity index (χ0n) is 11.0. The smallest absolute Gasteiger partial charge is 0.147 e. The fraction of sp³-hybridized carbons (Fsp3) is 0.250. The van der Waals surface area contributed by atoms with Crippen molar-refractivity contribution in [2.75, 3.05) is 5.32 Å². The highest BCUT2D eigenvalue weighted by Gasteiger charge is 2.32. The molecular formula is C16H15N3S. The molecule has 1 saturated carbocycles. The average molecular weight is 281 g/mol. The lowest BCUT2D eigenvalue weighted by Crippen LogP contribution is -2.13. The quantitative estimate of drug-likeness (QED) is 0.776. The average Bonchev–Trinajstić information content (AvgIpc) is 3.22. The van der Waals surface area contributed by atoms with Crippen molar-refractivity contribution in [3.8, 4) is 0 Å². The normalized spacial score (nSPS) is 16.2. The van der Waals surface area contributed by atoms with Gasteiger partial charge < -0.3 is 5.32 Å². The molecule has 0 bridgehead atoms. The van der Waals surface area contributed by atoms with Gasteiger partial charge in [0.15, 0.2) is 0 Å². The molecule has 0 aliphatic heterocycles. The molecule has 1 aliphatic carbocycles. The molecule has 1 aliphatic rings. The topological polar surface area (TPSA) is 37.8 Å². The van der Waals surface area contributed by atoms with E-state index in [1.807, 2.05) is 6.07 Å². The molecule has 0 amide bonds. The molecule has 2 aromatic heterocycles. The highest BCUT2D eigenvalue weighted by atomic mass is 32.1. The highest BCUT2D eigenvalue weighted by molar-refractivity contribution is 7.17. The molecule has 0 spiro atoms. The van der Waals surface area contributed by atoms with Gasteiger partial charge in [-0.3, -0.25) is 0 Å². The molecule has 100 valence electrons. The summed E-state index contributed by atoms with van der Waals surface area (Å²) in [7, 11) is 0. The van der Waals surface area contributed by atoms with Crippen LogP contribution >= 0.6 is 11.3 Å². The highest BCUT2D eigenvalue weighted by Crippen LogP contribution is 2.43. The van der Waals surface area contributed by atoms with E-state index >= 15 is 0 Å². The standard InChI is InChI=1S/C16H15N3S/c1-2-4-11(5-3-1)14(12-6-7-12)19-16-15-13(8-9-20-15)17-10-18-16/h1-5,8-10,12,14H,6-7H2,(H,17,18,19)/t14-/m0/s1. The van der Waals surface area contributed by atoms with Gasteiger partial charge in [0.1, 0.15) is 12.1 Å². The van der Waals surface area contributed by atoms with E-state index in [9.17, 15) is 0 Å². The third-order valence-corrected chi connectivity index (χ3v) is 4.70. The zero-order valence-corrected chi connectivity index (χ0v) is 11.8. The molecule has 2 heterocycles. The molecule has 4 rings (SSSR count). The summed E-state index contributed by atoms with van der Waals surface area (Å²) in [6.07, 6.45) is 4.24. The van der Waals surface area contributed by atoms with E-state index in [2.05, 4.69) is 51.0 Å². The number of hydrogen-bond acceptors (Lipinski definition) is 4. The lowest BCUT2D eigenvalue weighted by atomic mass is 10.0. The minimum atomic E-state index is 0.358. The van der Waals surface area contributed by atoms with Crippen LogP contribution in [-0.4, -0.2) is 9.97 Å². The molecule has 1 aromatic carbocycles. The summed E-state index contributed by atoms with van der Waals surface area (Å²) in [6, 6.07) is 13.1. The summed E-state index contributed by atoms with van der Waals surface area (Å²) in [5, 5.41) is 5.71. The van der Waals surface area contributed by atoms with E-state index in [0.29, 0.717) is 6.04 Å². The first-order valence-corrected chi connectivity index (χ1v) is 7.79. The van der Waals surface area contributed by atoms with Gasteiger partial charge >= 0.3 is 0 Å². The van der Waals surface area contributed by atoms with Crippen LogP contribution in [0.4, 0.5) is 5.82 Å². The molecule has 0 saturated heterocycles. The number of fused-ring (bicyclic) bond motifs is 1. The van der Waals surface area contributed by atoms with Gasteiger partial charge in [-0.25, -0.2) is 9.97 Å². The van der Waals surface area contributed by atoms with Gasteiger partial charge in [-0.15, -0.1) is 11.3 Å². The second-order valence-electron chi connectivity index (χ2n) is 5.23. The first-order valence-electron chi connectivity index (χ1n) is 6.91. The van der Waals surface area contributed by atoms with Crippen LogP contribution in [0, 0.1) is 5.92 Å². The summed E-state index contributed by atoms with van der Waals surface area (Å²) < 4.78 is 1.15. The lowest BCUT2D eigenvalue weighted by Gasteiger charge is -2.19. The first-order chi connectivity index (χ1) is 9.92. The Morgan fingerprint density at radius 1 is 1.10 bits per heavy atom. The second kappa shape index (κ2) is 4.87. The number of nitrogens with zero attached hydrogens (tertiary/aromatic N) is 2. The van der Waals surface area contributed by atoms with Crippen molar-refractivity contribution in [3.05, 3.63) is 53.7 Å². The molecule has 1 N–H and O–H groups in total. The summed E-state index contributed by atoms with van der Waals surface area (Å²) in [5.74, 6) is 1.69. The van der Waals surface area contributed by atoms with Gasteiger partial charge in [-0.1, -0.05) is 30.3 Å². The third-order valence-electron chi connectivity index (χ3n) is 3.79. The summed E-state index contributed by atoms with van der Waals surface area (Å²) >= 11 is 1.70. The number of hydrogen-bond donors (Lipinski definition) is 1.